The first-order valence-corrected chi connectivity index (χ1v) is 6.86. The van der Waals surface area contributed by atoms with Gasteiger partial charge in [-0.15, -0.1) is 11.3 Å². The van der Waals surface area contributed by atoms with E-state index in [0.29, 0.717) is 6.04 Å². The van der Waals surface area contributed by atoms with E-state index in [1.54, 1.807) is 17.5 Å². The highest BCUT2D eigenvalue weighted by atomic mass is 35.5. The molecule has 0 aliphatic carbocycles. The van der Waals surface area contributed by atoms with Gasteiger partial charge in [-0.3, -0.25) is 0 Å². The Kier molecular flexibility index (Phi) is 4.58. The van der Waals surface area contributed by atoms with Gasteiger partial charge < -0.3 is 10.1 Å². The van der Waals surface area contributed by atoms with E-state index in [4.69, 9.17) is 16.3 Å². The Morgan fingerprint density at radius 2 is 2.38 bits per heavy atom. The molecule has 1 aliphatic rings. The van der Waals surface area contributed by atoms with E-state index in [1.165, 1.54) is 0 Å². The number of nitrogens with zero attached hydrogens (tertiary/aromatic N) is 1. The Morgan fingerprint density at radius 1 is 1.62 bits per heavy atom. The van der Waals surface area contributed by atoms with E-state index in [0.717, 1.165) is 47.9 Å². The van der Waals surface area contributed by atoms with Crippen LogP contribution in [0.1, 0.15) is 24.8 Å². The molecule has 16 heavy (non-hydrogen) atoms. The first kappa shape index (κ1) is 12.3. The first-order chi connectivity index (χ1) is 7.75. The van der Waals surface area contributed by atoms with Gasteiger partial charge in [0.2, 0.25) is 0 Å². The summed E-state index contributed by atoms with van der Waals surface area (Å²) in [6.45, 7) is 4.86. The Balaban J connectivity index is 1.76. The molecule has 1 atom stereocenters. The lowest BCUT2D eigenvalue weighted by atomic mass is 9.93. The van der Waals surface area contributed by atoms with Gasteiger partial charge in [-0.25, -0.2) is 4.98 Å². The molecule has 2 rings (SSSR count). The van der Waals surface area contributed by atoms with Crippen LogP contribution in [0.5, 0.6) is 0 Å². The lowest BCUT2D eigenvalue weighted by Crippen LogP contribution is -2.36. The van der Waals surface area contributed by atoms with Crippen molar-refractivity contribution >= 4 is 22.9 Å². The number of nitrogens with one attached hydrogen (secondary N) is 1. The molecule has 1 N–H and O–H groups in total. The summed E-state index contributed by atoms with van der Waals surface area (Å²) in [5, 5.41) is 4.57. The summed E-state index contributed by atoms with van der Waals surface area (Å²) < 4.78 is 6.12. The largest absolute Gasteiger partial charge is 0.381 e. The molecule has 90 valence electrons. The number of aromatic nitrogens is 1. The maximum absolute atomic E-state index is 5.84. The number of ether oxygens (including phenoxy) is 1. The molecule has 3 nitrogen and oxygen atoms in total. The van der Waals surface area contributed by atoms with E-state index in [-0.39, 0.29) is 0 Å². The molecule has 1 fully saturated rings. The molecule has 0 radical (unpaired) electrons. The SMILES string of the molecule is CC(NCc1ncc(Cl)s1)C1CCOCC1. The molecule has 1 saturated heterocycles. The van der Waals surface area contributed by atoms with E-state index in [2.05, 4.69) is 17.2 Å². The maximum atomic E-state index is 5.84. The van der Waals surface area contributed by atoms with Crippen LogP contribution in [0, 0.1) is 5.92 Å². The zero-order valence-corrected chi connectivity index (χ0v) is 11.0. The molecule has 5 heteroatoms. The fourth-order valence-corrected chi connectivity index (χ4v) is 2.91. The van der Waals surface area contributed by atoms with Crippen LogP contribution in [0.2, 0.25) is 4.34 Å². The first-order valence-electron chi connectivity index (χ1n) is 5.67. The van der Waals surface area contributed by atoms with Crippen molar-refractivity contribution in [3.05, 3.63) is 15.5 Å². The Labute approximate surface area is 105 Å². The van der Waals surface area contributed by atoms with Crippen molar-refractivity contribution in [3.63, 3.8) is 0 Å². The molecular formula is C11H17ClN2OS. The zero-order chi connectivity index (χ0) is 11.4. The third-order valence-electron chi connectivity index (χ3n) is 3.07. The number of rotatable bonds is 4. The molecule has 1 unspecified atom stereocenters. The van der Waals surface area contributed by atoms with Crippen LogP contribution >= 0.6 is 22.9 Å². The van der Waals surface area contributed by atoms with Gasteiger partial charge in [0, 0.05) is 25.8 Å². The number of thiazole rings is 1. The quantitative estimate of drug-likeness (QED) is 0.904. The smallest absolute Gasteiger partial charge is 0.113 e. The lowest BCUT2D eigenvalue weighted by Gasteiger charge is -2.28. The van der Waals surface area contributed by atoms with Crippen LogP contribution in [-0.2, 0) is 11.3 Å². The average molecular weight is 261 g/mol. The lowest BCUT2D eigenvalue weighted by molar-refractivity contribution is 0.0558. The van der Waals surface area contributed by atoms with Crippen LogP contribution in [0.15, 0.2) is 6.20 Å². The molecule has 1 aromatic rings. The summed E-state index contributed by atoms with van der Waals surface area (Å²) in [5.74, 6) is 0.726. The predicted molar refractivity (Wildman–Crippen MR) is 67.0 cm³/mol. The minimum Gasteiger partial charge on any atom is -0.381 e. The Bertz CT molecular complexity index is 326. The highest BCUT2D eigenvalue weighted by Gasteiger charge is 2.20. The normalized spacial score (nSPS) is 19.9. The second-order valence-corrected chi connectivity index (χ2v) is 5.92. The van der Waals surface area contributed by atoms with Gasteiger partial charge in [-0.1, -0.05) is 11.6 Å². The summed E-state index contributed by atoms with van der Waals surface area (Å²) in [6.07, 6.45) is 4.03. The highest BCUT2D eigenvalue weighted by Crippen LogP contribution is 2.21. The van der Waals surface area contributed by atoms with Crippen molar-refractivity contribution in [2.45, 2.75) is 32.4 Å². The predicted octanol–water partition coefficient (Wildman–Crippen LogP) is 2.70. The molecule has 0 amide bonds. The summed E-state index contributed by atoms with van der Waals surface area (Å²) in [7, 11) is 0. The van der Waals surface area contributed by atoms with Crippen molar-refractivity contribution in [1.29, 1.82) is 0 Å². The number of hydrogen-bond acceptors (Lipinski definition) is 4. The van der Waals surface area contributed by atoms with Crippen molar-refractivity contribution in [1.82, 2.24) is 10.3 Å². The van der Waals surface area contributed by atoms with Crippen molar-refractivity contribution in [2.24, 2.45) is 5.92 Å². The molecule has 0 bridgehead atoms. The second-order valence-electron chi connectivity index (χ2n) is 4.18. The number of hydrogen-bond donors (Lipinski definition) is 1. The van der Waals surface area contributed by atoms with Crippen LogP contribution < -0.4 is 5.32 Å². The van der Waals surface area contributed by atoms with Gasteiger partial charge in [-0.05, 0) is 25.7 Å². The summed E-state index contributed by atoms with van der Waals surface area (Å²) in [6, 6.07) is 0.520. The van der Waals surface area contributed by atoms with E-state index in [1.807, 2.05) is 0 Å². The molecule has 0 aromatic carbocycles. The minimum absolute atomic E-state index is 0.520. The topological polar surface area (TPSA) is 34.2 Å². The minimum atomic E-state index is 0.520. The molecule has 1 aromatic heterocycles. The highest BCUT2D eigenvalue weighted by molar-refractivity contribution is 7.15. The number of halogens is 1. The fraction of sp³-hybridized carbons (Fsp3) is 0.727. The standard InChI is InChI=1S/C11H17ClN2OS/c1-8(9-2-4-15-5-3-9)13-7-11-14-6-10(12)16-11/h6,8-9,13H,2-5,7H2,1H3. The zero-order valence-electron chi connectivity index (χ0n) is 9.41. The summed E-state index contributed by atoms with van der Waals surface area (Å²) in [4.78, 5) is 4.23. The summed E-state index contributed by atoms with van der Waals surface area (Å²) in [5.41, 5.74) is 0. The molecular weight excluding hydrogens is 244 g/mol. The molecule has 1 aliphatic heterocycles. The van der Waals surface area contributed by atoms with Crippen LogP contribution in [0.3, 0.4) is 0 Å². The van der Waals surface area contributed by atoms with Crippen LogP contribution in [0.4, 0.5) is 0 Å². The van der Waals surface area contributed by atoms with E-state index >= 15 is 0 Å². The molecule has 0 saturated carbocycles. The van der Waals surface area contributed by atoms with Crippen molar-refractivity contribution in [2.75, 3.05) is 13.2 Å². The van der Waals surface area contributed by atoms with Crippen LogP contribution in [-0.4, -0.2) is 24.2 Å². The second kappa shape index (κ2) is 5.96. The third-order valence-corrected chi connectivity index (χ3v) is 4.19. The van der Waals surface area contributed by atoms with Gasteiger partial charge in [0.25, 0.3) is 0 Å². The monoisotopic (exact) mass is 260 g/mol. The van der Waals surface area contributed by atoms with E-state index in [9.17, 15) is 0 Å². The Morgan fingerprint density at radius 3 is 3.00 bits per heavy atom. The van der Waals surface area contributed by atoms with Crippen molar-refractivity contribution < 1.29 is 4.74 Å². The van der Waals surface area contributed by atoms with Gasteiger partial charge in [0.1, 0.15) is 9.34 Å². The maximum Gasteiger partial charge on any atom is 0.113 e. The van der Waals surface area contributed by atoms with Gasteiger partial charge in [-0.2, -0.15) is 0 Å². The average Bonchev–Trinajstić information content (AvgIpc) is 2.73. The Hall–Kier alpha value is -0.160. The fourth-order valence-electron chi connectivity index (χ4n) is 2.00. The molecule has 0 spiro atoms. The van der Waals surface area contributed by atoms with Crippen molar-refractivity contribution in [3.8, 4) is 0 Å². The van der Waals surface area contributed by atoms with Gasteiger partial charge >= 0.3 is 0 Å². The van der Waals surface area contributed by atoms with Crippen LogP contribution in [0.25, 0.3) is 0 Å². The van der Waals surface area contributed by atoms with Gasteiger partial charge in [0.15, 0.2) is 0 Å². The van der Waals surface area contributed by atoms with Gasteiger partial charge in [0.05, 0.1) is 6.20 Å². The van der Waals surface area contributed by atoms with E-state index < -0.39 is 0 Å². The summed E-state index contributed by atoms with van der Waals surface area (Å²) >= 11 is 7.38. The third kappa shape index (κ3) is 3.42. The molecule has 2 heterocycles.